The fourth-order valence-corrected chi connectivity index (χ4v) is 3.81. The summed E-state index contributed by atoms with van der Waals surface area (Å²) in [6, 6.07) is 7.45. The van der Waals surface area contributed by atoms with Gasteiger partial charge in [-0.3, -0.25) is 4.79 Å². The molecule has 0 aliphatic carbocycles. The lowest BCUT2D eigenvalue weighted by molar-refractivity contribution is 0.0511. The summed E-state index contributed by atoms with van der Waals surface area (Å²) < 4.78 is 22.6. The van der Waals surface area contributed by atoms with E-state index < -0.39 is 9.84 Å². The van der Waals surface area contributed by atoms with Crippen molar-refractivity contribution in [3.8, 4) is 0 Å². The second-order valence-electron chi connectivity index (χ2n) is 6.11. The molecule has 5 heteroatoms. The second-order valence-corrected chi connectivity index (χ2v) is 8.25. The van der Waals surface area contributed by atoms with Crippen LogP contribution in [0.2, 0.25) is 0 Å². The van der Waals surface area contributed by atoms with Gasteiger partial charge in [0.25, 0.3) is 5.91 Å². The van der Waals surface area contributed by atoms with Crippen LogP contribution in [0.1, 0.15) is 49.0 Å². The maximum atomic E-state index is 12.6. The van der Waals surface area contributed by atoms with Crippen LogP contribution >= 0.6 is 0 Å². The molecular weight excluding hydrogens is 286 g/mol. The first-order valence-electron chi connectivity index (χ1n) is 7.37. The molecule has 1 aromatic rings. The molecule has 0 aromatic heterocycles. The summed E-state index contributed by atoms with van der Waals surface area (Å²) in [5.41, 5.74) is 1.35. The Balaban J connectivity index is 2.16. The maximum Gasteiger partial charge on any atom is 0.254 e. The van der Waals surface area contributed by atoms with E-state index >= 15 is 0 Å². The minimum Gasteiger partial charge on any atom is -0.333 e. The number of carbonyl (C=O) groups excluding carboxylic acids is 1. The van der Waals surface area contributed by atoms with Gasteiger partial charge < -0.3 is 4.90 Å². The number of sulfone groups is 1. The number of rotatable bonds is 3. The summed E-state index contributed by atoms with van der Waals surface area (Å²) >= 11 is 0. The van der Waals surface area contributed by atoms with Crippen molar-refractivity contribution >= 4 is 15.7 Å². The summed E-state index contributed by atoms with van der Waals surface area (Å²) in [7, 11) is -3.04. The summed E-state index contributed by atoms with van der Waals surface area (Å²) in [6.45, 7) is 4.18. The van der Waals surface area contributed by atoms with Crippen LogP contribution < -0.4 is 0 Å². The molecule has 0 bridgehead atoms. The molecule has 0 saturated carbocycles. The standard InChI is InChI=1S/C16H23NO3S/c1-12-5-4-6-13(2)17(12)16(18)15-9-7-14(8-10-15)11-21(3,19)20/h7-10,12-13H,4-6,11H2,1-3H3. The topological polar surface area (TPSA) is 54.5 Å². The molecule has 116 valence electrons. The van der Waals surface area contributed by atoms with Gasteiger partial charge in [-0.15, -0.1) is 0 Å². The quantitative estimate of drug-likeness (QED) is 0.862. The zero-order valence-electron chi connectivity index (χ0n) is 12.9. The molecule has 1 amide bonds. The van der Waals surface area contributed by atoms with Crippen LogP contribution in [0.15, 0.2) is 24.3 Å². The maximum absolute atomic E-state index is 12.6. The third-order valence-electron chi connectivity index (χ3n) is 4.06. The Labute approximate surface area is 127 Å². The lowest BCUT2D eigenvalue weighted by atomic mass is 9.96. The van der Waals surface area contributed by atoms with Crippen molar-refractivity contribution in [2.75, 3.05) is 6.26 Å². The molecule has 2 unspecified atom stereocenters. The van der Waals surface area contributed by atoms with Gasteiger partial charge in [-0.2, -0.15) is 0 Å². The molecular formula is C16H23NO3S. The smallest absolute Gasteiger partial charge is 0.254 e. The zero-order valence-corrected chi connectivity index (χ0v) is 13.7. The average Bonchev–Trinajstić information content (AvgIpc) is 2.37. The van der Waals surface area contributed by atoms with Gasteiger partial charge in [0.15, 0.2) is 9.84 Å². The van der Waals surface area contributed by atoms with E-state index in [9.17, 15) is 13.2 Å². The summed E-state index contributed by atoms with van der Waals surface area (Å²) in [5, 5.41) is 0. The van der Waals surface area contributed by atoms with Crippen LogP contribution in [0.5, 0.6) is 0 Å². The predicted octanol–water partition coefficient (Wildman–Crippen LogP) is 2.63. The van der Waals surface area contributed by atoms with Crippen molar-refractivity contribution in [1.82, 2.24) is 4.90 Å². The Morgan fingerprint density at radius 1 is 1.14 bits per heavy atom. The fraction of sp³-hybridized carbons (Fsp3) is 0.562. The first-order valence-corrected chi connectivity index (χ1v) is 9.43. The van der Waals surface area contributed by atoms with Crippen molar-refractivity contribution in [3.63, 3.8) is 0 Å². The monoisotopic (exact) mass is 309 g/mol. The number of nitrogens with zero attached hydrogens (tertiary/aromatic N) is 1. The molecule has 1 saturated heterocycles. The Bertz CT molecular complexity index is 597. The van der Waals surface area contributed by atoms with E-state index in [-0.39, 0.29) is 23.7 Å². The van der Waals surface area contributed by atoms with Crippen LogP contribution in [0.25, 0.3) is 0 Å². The molecule has 0 spiro atoms. The van der Waals surface area contributed by atoms with Gasteiger partial charge in [0.2, 0.25) is 0 Å². The van der Waals surface area contributed by atoms with Crippen molar-refractivity contribution in [2.24, 2.45) is 0 Å². The van der Waals surface area contributed by atoms with Gasteiger partial charge in [-0.25, -0.2) is 8.42 Å². The molecule has 1 fully saturated rings. The molecule has 1 aromatic carbocycles. The van der Waals surface area contributed by atoms with Gasteiger partial charge in [0.1, 0.15) is 0 Å². The molecule has 1 aliphatic heterocycles. The van der Waals surface area contributed by atoms with Crippen molar-refractivity contribution in [3.05, 3.63) is 35.4 Å². The highest BCUT2D eigenvalue weighted by Crippen LogP contribution is 2.24. The van der Waals surface area contributed by atoms with Gasteiger partial charge in [0.05, 0.1) is 5.75 Å². The Morgan fingerprint density at radius 3 is 2.14 bits per heavy atom. The average molecular weight is 309 g/mol. The molecule has 2 atom stereocenters. The van der Waals surface area contributed by atoms with Crippen LogP contribution in [0.4, 0.5) is 0 Å². The predicted molar refractivity (Wildman–Crippen MR) is 83.9 cm³/mol. The summed E-state index contributed by atoms with van der Waals surface area (Å²) in [6.07, 6.45) is 4.47. The van der Waals surface area contributed by atoms with Crippen molar-refractivity contribution < 1.29 is 13.2 Å². The number of piperidine rings is 1. The van der Waals surface area contributed by atoms with Crippen molar-refractivity contribution in [1.29, 1.82) is 0 Å². The van der Waals surface area contributed by atoms with Gasteiger partial charge in [-0.05, 0) is 50.8 Å². The number of likely N-dealkylation sites (tertiary alicyclic amines) is 1. The highest BCUT2D eigenvalue weighted by Gasteiger charge is 2.29. The van der Waals surface area contributed by atoms with Gasteiger partial charge in [0, 0.05) is 23.9 Å². The van der Waals surface area contributed by atoms with E-state index in [1.54, 1.807) is 24.3 Å². The largest absolute Gasteiger partial charge is 0.333 e. The first kappa shape index (κ1) is 16.0. The Hall–Kier alpha value is -1.36. The molecule has 21 heavy (non-hydrogen) atoms. The van der Waals surface area contributed by atoms with E-state index in [0.29, 0.717) is 11.1 Å². The number of benzene rings is 1. The molecule has 4 nitrogen and oxygen atoms in total. The number of hydrogen-bond donors (Lipinski definition) is 0. The molecule has 1 heterocycles. The van der Waals surface area contributed by atoms with Crippen molar-refractivity contribution in [2.45, 2.75) is 50.9 Å². The highest BCUT2D eigenvalue weighted by molar-refractivity contribution is 7.89. The summed E-state index contributed by atoms with van der Waals surface area (Å²) in [5.74, 6) is 0.0541. The second kappa shape index (κ2) is 6.18. The van der Waals surface area contributed by atoms with E-state index in [0.717, 1.165) is 12.8 Å². The fourth-order valence-electron chi connectivity index (χ4n) is 3.02. The number of hydrogen-bond acceptors (Lipinski definition) is 3. The van der Waals surface area contributed by atoms with Gasteiger partial charge in [-0.1, -0.05) is 12.1 Å². The number of carbonyl (C=O) groups is 1. The minimum absolute atomic E-state index is 0.0119. The first-order chi connectivity index (χ1) is 9.78. The third-order valence-corrected chi connectivity index (χ3v) is 4.92. The minimum atomic E-state index is -3.04. The van der Waals surface area contributed by atoms with Crippen LogP contribution in [-0.2, 0) is 15.6 Å². The Morgan fingerprint density at radius 2 is 1.67 bits per heavy atom. The van der Waals surface area contributed by atoms with E-state index in [1.807, 2.05) is 4.90 Å². The lowest BCUT2D eigenvalue weighted by Gasteiger charge is -2.39. The lowest BCUT2D eigenvalue weighted by Crippen LogP contribution is -2.47. The van der Waals surface area contributed by atoms with Crippen LogP contribution in [0, 0.1) is 0 Å². The molecule has 2 rings (SSSR count). The Kier molecular flexibility index (Phi) is 4.71. The van der Waals surface area contributed by atoms with E-state index in [1.165, 1.54) is 12.7 Å². The van der Waals surface area contributed by atoms with E-state index in [4.69, 9.17) is 0 Å². The highest BCUT2D eigenvalue weighted by atomic mass is 32.2. The SMILES string of the molecule is CC1CCCC(C)N1C(=O)c1ccc(CS(C)(=O)=O)cc1. The van der Waals surface area contributed by atoms with Crippen LogP contribution in [0.3, 0.4) is 0 Å². The number of amides is 1. The molecule has 1 aliphatic rings. The van der Waals surface area contributed by atoms with E-state index in [2.05, 4.69) is 13.8 Å². The molecule has 0 N–H and O–H groups in total. The molecule has 0 radical (unpaired) electrons. The normalized spacial score (nSPS) is 23.1. The zero-order chi connectivity index (χ0) is 15.6. The van der Waals surface area contributed by atoms with Gasteiger partial charge >= 0.3 is 0 Å². The van der Waals surface area contributed by atoms with Crippen LogP contribution in [-0.4, -0.2) is 37.6 Å². The third kappa shape index (κ3) is 4.06. The summed E-state index contributed by atoms with van der Waals surface area (Å²) in [4.78, 5) is 14.6.